The molecule has 0 spiro atoms. The van der Waals surface area contributed by atoms with Gasteiger partial charge in [-0.05, 0) is 36.1 Å². The highest BCUT2D eigenvalue weighted by Crippen LogP contribution is 2.28. The van der Waals surface area contributed by atoms with Crippen LogP contribution in [-0.4, -0.2) is 12.5 Å². The summed E-state index contributed by atoms with van der Waals surface area (Å²) in [7, 11) is 0. The molecular formula is C15H12Cl2FN3OS. The van der Waals surface area contributed by atoms with Gasteiger partial charge in [0.15, 0.2) is 0 Å². The SMILES string of the molecule is C[C@H](NCC(=O)Nc1sccc1C#N)c1cc(F)c(Cl)cc1Cl. The summed E-state index contributed by atoms with van der Waals surface area (Å²) in [5, 5.41) is 17.0. The molecule has 2 N–H and O–H groups in total. The van der Waals surface area contributed by atoms with Crippen LogP contribution in [0.4, 0.5) is 9.39 Å². The summed E-state index contributed by atoms with van der Waals surface area (Å²) in [5.74, 6) is -0.872. The summed E-state index contributed by atoms with van der Waals surface area (Å²) in [4.78, 5) is 11.9. The number of rotatable bonds is 5. The largest absolute Gasteiger partial charge is 0.315 e. The van der Waals surface area contributed by atoms with Gasteiger partial charge in [-0.25, -0.2) is 4.39 Å². The maximum absolute atomic E-state index is 13.5. The van der Waals surface area contributed by atoms with Crippen molar-refractivity contribution in [2.24, 2.45) is 0 Å². The molecule has 0 radical (unpaired) electrons. The van der Waals surface area contributed by atoms with Crippen molar-refractivity contribution in [1.29, 1.82) is 5.26 Å². The Bertz CT molecular complexity index is 773. The number of benzene rings is 1. The number of hydrogen-bond acceptors (Lipinski definition) is 4. The van der Waals surface area contributed by atoms with Crippen LogP contribution in [0.3, 0.4) is 0 Å². The van der Waals surface area contributed by atoms with E-state index >= 15 is 0 Å². The Balaban J connectivity index is 1.97. The average Bonchev–Trinajstić information content (AvgIpc) is 2.95. The highest BCUT2D eigenvalue weighted by molar-refractivity contribution is 7.14. The predicted octanol–water partition coefficient (Wildman–Crippen LogP) is 4.35. The van der Waals surface area contributed by atoms with Gasteiger partial charge in [-0.2, -0.15) is 5.26 Å². The van der Waals surface area contributed by atoms with E-state index in [4.69, 9.17) is 28.5 Å². The van der Waals surface area contributed by atoms with Gasteiger partial charge in [0.05, 0.1) is 17.1 Å². The Morgan fingerprint density at radius 2 is 2.17 bits per heavy atom. The smallest absolute Gasteiger partial charge is 0.238 e. The number of thiophene rings is 1. The molecule has 2 aromatic rings. The van der Waals surface area contributed by atoms with Gasteiger partial charge in [-0.1, -0.05) is 23.2 Å². The first-order valence-electron chi connectivity index (χ1n) is 6.57. The molecule has 1 aromatic carbocycles. The fourth-order valence-corrected chi connectivity index (χ4v) is 3.19. The summed E-state index contributed by atoms with van der Waals surface area (Å²) in [5.41, 5.74) is 0.925. The third kappa shape index (κ3) is 4.43. The van der Waals surface area contributed by atoms with Crippen molar-refractivity contribution in [2.75, 3.05) is 11.9 Å². The molecule has 4 nitrogen and oxygen atoms in total. The van der Waals surface area contributed by atoms with E-state index in [-0.39, 0.29) is 23.5 Å². The van der Waals surface area contributed by atoms with E-state index in [2.05, 4.69) is 10.6 Å². The van der Waals surface area contributed by atoms with Crippen molar-refractivity contribution < 1.29 is 9.18 Å². The second kappa shape index (κ2) is 7.75. The number of carbonyl (C=O) groups is 1. The second-order valence-electron chi connectivity index (χ2n) is 4.71. The summed E-state index contributed by atoms with van der Waals surface area (Å²) in [6.45, 7) is 1.75. The van der Waals surface area contributed by atoms with Gasteiger partial charge in [-0.3, -0.25) is 4.79 Å². The molecule has 1 atom stereocenters. The number of amides is 1. The summed E-state index contributed by atoms with van der Waals surface area (Å²) < 4.78 is 13.5. The summed E-state index contributed by atoms with van der Waals surface area (Å²) >= 11 is 13.0. The molecule has 2 rings (SSSR count). The van der Waals surface area contributed by atoms with Crippen LogP contribution < -0.4 is 10.6 Å². The lowest BCUT2D eigenvalue weighted by atomic mass is 10.1. The molecule has 0 unspecified atom stereocenters. The minimum Gasteiger partial charge on any atom is -0.315 e. The molecule has 0 aliphatic heterocycles. The van der Waals surface area contributed by atoms with Gasteiger partial charge in [0.1, 0.15) is 16.9 Å². The highest BCUT2D eigenvalue weighted by Gasteiger charge is 2.15. The lowest BCUT2D eigenvalue weighted by Gasteiger charge is -2.16. The van der Waals surface area contributed by atoms with Gasteiger partial charge < -0.3 is 10.6 Å². The Hall–Kier alpha value is -1.65. The van der Waals surface area contributed by atoms with Gasteiger partial charge >= 0.3 is 0 Å². The molecule has 120 valence electrons. The molecule has 0 saturated carbocycles. The van der Waals surface area contributed by atoms with E-state index in [1.165, 1.54) is 23.5 Å². The van der Waals surface area contributed by atoms with Gasteiger partial charge in [0.25, 0.3) is 0 Å². The van der Waals surface area contributed by atoms with Crippen molar-refractivity contribution >= 4 is 45.4 Å². The van der Waals surface area contributed by atoms with E-state index in [1.54, 1.807) is 18.4 Å². The minimum absolute atomic E-state index is 0.00942. The van der Waals surface area contributed by atoms with Gasteiger partial charge in [0.2, 0.25) is 5.91 Å². The van der Waals surface area contributed by atoms with E-state index in [0.29, 0.717) is 21.2 Å². The van der Waals surface area contributed by atoms with Crippen molar-refractivity contribution in [3.05, 3.63) is 50.6 Å². The fourth-order valence-electron chi connectivity index (χ4n) is 1.89. The molecule has 1 aromatic heterocycles. The van der Waals surface area contributed by atoms with Crippen LogP contribution in [0.5, 0.6) is 0 Å². The lowest BCUT2D eigenvalue weighted by molar-refractivity contribution is -0.115. The number of halogens is 3. The molecule has 1 amide bonds. The zero-order valence-corrected chi connectivity index (χ0v) is 14.3. The maximum atomic E-state index is 13.5. The van der Waals surface area contributed by atoms with Gasteiger partial charge in [-0.15, -0.1) is 11.3 Å². The van der Waals surface area contributed by atoms with E-state index in [0.717, 1.165) is 0 Å². The van der Waals surface area contributed by atoms with Crippen LogP contribution >= 0.6 is 34.5 Å². The van der Waals surface area contributed by atoms with Crippen LogP contribution in [0.15, 0.2) is 23.6 Å². The number of anilines is 1. The molecule has 1 heterocycles. The van der Waals surface area contributed by atoms with Crippen molar-refractivity contribution in [3.63, 3.8) is 0 Å². The van der Waals surface area contributed by atoms with E-state index in [1.807, 2.05) is 6.07 Å². The number of nitrogens with zero attached hydrogens (tertiary/aromatic N) is 1. The summed E-state index contributed by atoms with van der Waals surface area (Å²) in [6, 6.07) is 5.85. The maximum Gasteiger partial charge on any atom is 0.238 e. The predicted molar refractivity (Wildman–Crippen MR) is 90.5 cm³/mol. The molecule has 0 fully saturated rings. The number of nitrogens with one attached hydrogen (secondary N) is 2. The first-order chi connectivity index (χ1) is 10.9. The Labute approximate surface area is 146 Å². The third-order valence-electron chi connectivity index (χ3n) is 3.11. The number of nitriles is 1. The molecule has 8 heteroatoms. The molecule has 0 aliphatic rings. The molecule has 0 aliphatic carbocycles. The number of carbonyl (C=O) groups excluding carboxylic acids is 1. The van der Waals surface area contributed by atoms with Crippen LogP contribution in [0.2, 0.25) is 10.0 Å². The molecular weight excluding hydrogens is 360 g/mol. The fraction of sp³-hybridized carbons (Fsp3) is 0.200. The second-order valence-corrected chi connectivity index (χ2v) is 6.44. The average molecular weight is 372 g/mol. The van der Waals surface area contributed by atoms with Crippen molar-refractivity contribution in [2.45, 2.75) is 13.0 Å². The quantitative estimate of drug-likeness (QED) is 0.767. The zero-order chi connectivity index (χ0) is 17.0. The first-order valence-corrected chi connectivity index (χ1v) is 8.21. The minimum atomic E-state index is -0.568. The molecule has 0 saturated heterocycles. The Morgan fingerprint density at radius 1 is 1.43 bits per heavy atom. The van der Waals surface area contributed by atoms with Crippen LogP contribution in [0.1, 0.15) is 24.1 Å². The zero-order valence-electron chi connectivity index (χ0n) is 12.0. The lowest BCUT2D eigenvalue weighted by Crippen LogP contribution is -2.30. The van der Waals surface area contributed by atoms with Crippen LogP contribution in [0.25, 0.3) is 0 Å². The Kier molecular flexibility index (Phi) is 5.97. The molecule has 23 heavy (non-hydrogen) atoms. The van der Waals surface area contributed by atoms with Crippen LogP contribution in [0, 0.1) is 17.1 Å². The Morgan fingerprint density at radius 3 is 2.87 bits per heavy atom. The van der Waals surface area contributed by atoms with Gasteiger partial charge in [0, 0.05) is 11.1 Å². The van der Waals surface area contributed by atoms with E-state index < -0.39 is 5.82 Å². The van der Waals surface area contributed by atoms with Crippen LogP contribution in [-0.2, 0) is 4.79 Å². The number of hydrogen-bond donors (Lipinski definition) is 2. The first kappa shape index (κ1) is 17.7. The normalized spacial score (nSPS) is 11.8. The molecule has 0 bridgehead atoms. The highest BCUT2D eigenvalue weighted by atomic mass is 35.5. The van der Waals surface area contributed by atoms with Crippen molar-refractivity contribution in [1.82, 2.24) is 5.32 Å². The standard InChI is InChI=1S/C15H12Cl2FN3OS/c1-8(10-4-13(18)12(17)5-11(10)16)20-7-14(22)21-15-9(6-19)2-3-23-15/h2-5,8,20H,7H2,1H3,(H,21,22)/t8-/m0/s1. The van der Waals surface area contributed by atoms with Crippen molar-refractivity contribution in [3.8, 4) is 6.07 Å². The monoisotopic (exact) mass is 371 g/mol. The van der Waals surface area contributed by atoms with E-state index in [9.17, 15) is 9.18 Å². The summed E-state index contributed by atoms with van der Waals surface area (Å²) in [6.07, 6.45) is 0. The topological polar surface area (TPSA) is 64.9 Å². The third-order valence-corrected chi connectivity index (χ3v) is 4.56.